The molecule has 0 unspecified atom stereocenters. The highest BCUT2D eigenvalue weighted by Crippen LogP contribution is 2.45. The van der Waals surface area contributed by atoms with Crippen molar-refractivity contribution in [3.8, 4) is 23.1 Å². The largest absolute Gasteiger partial charge is 0.493 e. The van der Waals surface area contributed by atoms with Gasteiger partial charge in [0.2, 0.25) is 0 Å². The van der Waals surface area contributed by atoms with Crippen LogP contribution in [0.25, 0.3) is 0 Å². The number of aromatic nitrogens is 1. The predicted molar refractivity (Wildman–Crippen MR) is 138 cm³/mol. The van der Waals surface area contributed by atoms with Crippen LogP contribution in [0.15, 0.2) is 41.5 Å². The fourth-order valence-electron chi connectivity index (χ4n) is 4.61. The number of aliphatic hydroxyl groups is 1. The van der Waals surface area contributed by atoms with Gasteiger partial charge < -0.3 is 34.3 Å². The van der Waals surface area contributed by atoms with E-state index in [-0.39, 0.29) is 18.1 Å². The summed E-state index contributed by atoms with van der Waals surface area (Å²) in [6, 6.07) is 6.03. The molecule has 4 rings (SSSR count). The molecule has 3 atom stereocenters. The minimum atomic E-state index is -1.26. The molecule has 204 valence electrons. The first-order valence-electron chi connectivity index (χ1n) is 12.1. The molecule has 0 bridgehead atoms. The summed E-state index contributed by atoms with van der Waals surface area (Å²) >= 11 is 0. The molecule has 1 fully saturated rings. The van der Waals surface area contributed by atoms with E-state index < -0.39 is 11.9 Å². The molecule has 1 aliphatic carbocycles. The van der Waals surface area contributed by atoms with Crippen molar-refractivity contribution in [2.24, 2.45) is 4.99 Å². The highest BCUT2D eigenvalue weighted by molar-refractivity contribution is 6.15. The van der Waals surface area contributed by atoms with Crippen molar-refractivity contribution in [1.82, 2.24) is 4.98 Å². The van der Waals surface area contributed by atoms with E-state index >= 15 is 0 Å². The Morgan fingerprint density at radius 3 is 2.24 bits per heavy atom. The van der Waals surface area contributed by atoms with Gasteiger partial charge in [-0.1, -0.05) is 0 Å². The molecule has 11 nitrogen and oxygen atoms in total. The van der Waals surface area contributed by atoms with Crippen molar-refractivity contribution in [3.63, 3.8) is 0 Å². The Morgan fingerprint density at radius 1 is 0.974 bits per heavy atom. The van der Waals surface area contributed by atoms with Crippen LogP contribution in [-0.2, 0) is 9.59 Å². The van der Waals surface area contributed by atoms with Gasteiger partial charge in [-0.25, -0.2) is 14.6 Å². The van der Waals surface area contributed by atoms with Crippen LogP contribution in [0.5, 0.6) is 23.1 Å². The molecule has 11 heteroatoms. The average molecular weight is 529 g/mol. The number of hydrogen-bond donors (Lipinski definition) is 3. The van der Waals surface area contributed by atoms with Gasteiger partial charge in [0, 0.05) is 35.4 Å². The fraction of sp³-hybridized carbons (Fsp3) is 0.407. The number of rotatable bonds is 8. The second kappa shape index (κ2) is 12.9. The number of methoxy groups -OCH3 is 3. The number of nitrogens with zero attached hydrogens (tertiary/aromatic N) is 2. The molecule has 1 aromatic heterocycles. The topological polar surface area (TPSA) is 157 Å². The van der Waals surface area contributed by atoms with Crippen LogP contribution in [0.2, 0.25) is 0 Å². The maximum atomic E-state index is 10.3. The lowest BCUT2D eigenvalue weighted by atomic mass is 9.74. The Hall–Kier alpha value is -4.12. The Morgan fingerprint density at radius 2 is 1.66 bits per heavy atom. The zero-order chi connectivity index (χ0) is 27.8. The Bertz CT molecular complexity index is 1210. The third kappa shape index (κ3) is 6.60. The Kier molecular flexibility index (Phi) is 9.66. The van der Waals surface area contributed by atoms with Gasteiger partial charge >= 0.3 is 11.9 Å². The highest BCUT2D eigenvalue weighted by Gasteiger charge is 2.37. The van der Waals surface area contributed by atoms with Gasteiger partial charge in [-0.2, -0.15) is 0 Å². The molecule has 1 saturated carbocycles. The quantitative estimate of drug-likeness (QED) is 0.435. The summed E-state index contributed by atoms with van der Waals surface area (Å²) in [5.74, 6) is -0.0135. The molecule has 2 aromatic rings. The molecule has 1 aliphatic heterocycles. The van der Waals surface area contributed by atoms with E-state index in [0.717, 1.165) is 35.2 Å². The smallest absolute Gasteiger partial charge is 0.328 e. The molecule has 0 radical (unpaired) electrons. The molecule has 0 spiro atoms. The number of carboxylic acids is 2. The van der Waals surface area contributed by atoms with Crippen LogP contribution in [0.4, 0.5) is 0 Å². The van der Waals surface area contributed by atoms with Crippen molar-refractivity contribution in [2.45, 2.75) is 44.2 Å². The van der Waals surface area contributed by atoms with E-state index in [2.05, 4.69) is 11.1 Å². The lowest BCUT2D eigenvalue weighted by molar-refractivity contribution is -0.134. The van der Waals surface area contributed by atoms with Crippen LogP contribution in [0.3, 0.4) is 0 Å². The molecule has 3 N–H and O–H groups in total. The second-order valence-electron chi connectivity index (χ2n) is 8.59. The summed E-state index contributed by atoms with van der Waals surface area (Å²) in [6.07, 6.45) is 4.85. The zero-order valence-electron chi connectivity index (χ0n) is 21.7. The van der Waals surface area contributed by atoms with Gasteiger partial charge in [0.25, 0.3) is 5.88 Å². The van der Waals surface area contributed by atoms with E-state index in [9.17, 15) is 14.7 Å². The maximum absolute atomic E-state index is 10.3. The van der Waals surface area contributed by atoms with Gasteiger partial charge in [-0.05, 0) is 49.9 Å². The molecule has 38 heavy (non-hydrogen) atoms. The summed E-state index contributed by atoms with van der Waals surface area (Å²) in [6.45, 7) is 2.50. The first kappa shape index (κ1) is 28.5. The van der Waals surface area contributed by atoms with E-state index in [0.29, 0.717) is 48.3 Å². The number of aliphatic carboxylic acids is 2. The van der Waals surface area contributed by atoms with Gasteiger partial charge in [0.15, 0.2) is 17.2 Å². The van der Waals surface area contributed by atoms with E-state index in [1.54, 1.807) is 27.5 Å². The van der Waals surface area contributed by atoms with Crippen LogP contribution >= 0.6 is 0 Å². The lowest BCUT2D eigenvalue weighted by Gasteiger charge is -2.37. The van der Waals surface area contributed by atoms with Crippen LogP contribution in [-0.4, -0.2) is 78.0 Å². The van der Waals surface area contributed by atoms with Crippen molar-refractivity contribution < 1.29 is 43.9 Å². The number of carboxylic acid groups (broad SMARTS) is 2. The standard InChI is InChI=1S/C23H28N2O5.C4H4O4/c1-5-30-20-10-15-16-9-14(26)6-7-18(16)25-22(17(15)11-19(20)27-2)13-8-21(28-3)23(29-4)24-12-13;5-3(6)1-2-4(7)8/h8,10-12,14,16,18,26H,5-7,9H2,1-4H3;1-2H,(H,5,6)(H,7,8)/t14-,16-,18-;/m1./s1. The average Bonchev–Trinajstić information content (AvgIpc) is 2.91. The molecular formula is C27H32N2O9. The normalized spacial score (nSPS) is 19.7. The fourth-order valence-corrected chi connectivity index (χ4v) is 4.61. The molecule has 2 heterocycles. The summed E-state index contributed by atoms with van der Waals surface area (Å²) in [7, 11) is 4.79. The number of ether oxygens (including phenoxy) is 4. The maximum Gasteiger partial charge on any atom is 0.328 e. The van der Waals surface area contributed by atoms with Crippen LogP contribution in [0.1, 0.15) is 48.8 Å². The van der Waals surface area contributed by atoms with Gasteiger partial charge in [-0.3, -0.25) is 4.99 Å². The zero-order valence-corrected chi connectivity index (χ0v) is 21.7. The minimum Gasteiger partial charge on any atom is -0.493 e. The number of benzene rings is 1. The number of pyridine rings is 1. The first-order valence-corrected chi connectivity index (χ1v) is 12.1. The number of carbonyl (C=O) groups is 2. The number of hydrogen-bond acceptors (Lipinski definition) is 9. The molecule has 0 amide bonds. The van der Waals surface area contributed by atoms with Crippen molar-refractivity contribution in [1.29, 1.82) is 0 Å². The Balaban J connectivity index is 0.000000436. The van der Waals surface area contributed by atoms with Gasteiger partial charge in [0.05, 0.1) is 45.8 Å². The lowest BCUT2D eigenvalue weighted by Crippen LogP contribution is -2.34. The number of aliphatic imine (C=N–C) groups is 1. The van der Waals surface area contributed by atoms with E-state index in [1.165, 1.54) is 0 Å². The molecule has 0 saturated heterocycles. The van der Waals surface area contributed by atoms with Crippen LogP contribution in [0, 0.1) is 0 Å². The summed E-state index contributed by atoms with van der Waals surface area (Å²) < 4.78 is 22.2. The Labute approximate surface area is 220 Å². The summed E-state index contributed by atoms with van der Waals surface area (Å²) in [5.41, 5.74) is 3.80. The molecular weight excluding hydrogens is 496 g/mol. The van der Waals surface area contributed by atoms with Gasteiger partial charge in [-0.15, -0.1) is 0 Å². The summed E-state index contributed by atoms with van der Waals surface area (Å²) in [4.78, 5) is 28.6. The van der Waals surface area contributed by atoms with Crippen molar-refractivity contribution in [3.05, 3.63) is 53.2 Å². The predicted octanol–water partition coefficient (Wildman–Crippen LogP) is 3.07. The minimum absolute atomic E-state index is 0.104. The second-order valence-corrected chi connectivity index (χ2v) is 8.59. The molecule has 2 aliphatic rings. The highest BCUT2D eigenvalue weighted by atomic mass is 16.5. The van der Waals surface area contributed by atoms with Crippen LogP contribution < -0.4 is 18.9 Å². The third-order valence-corrected chi connectivity index (χ3v) is 6.24. The summed E-state index contributed by atoms with van der Waals surface area (Å²) in [5, 5.41) is 25.9. The van der Waals surface area contributed by atoms with Crippen molar-refractivity contribution in [2.75, 3.05) is 27.9 Å². The van der Waals surface area contributed by atoms with E-state index in [1.807, 2.05) is 19.1 Å². The van der Waals surface area contributed by atoms with Crippen molar-refractivity contribution >= 4 is 17.7 Å². The van der Waals surface area contributed by atoms with E-state index in [4.69, 9.17) is 34.2 Å². The first-order chi connectivity index (χ1) is 18.2. The monoisotopic (exact) mass is 528 g/mol. The molecule has 1 aromatic carbocycles. The number of fused-ring (bicyclic) bond motifs is 3. The third-order valence-electron chi connectivity index (χ3n) is 6.24. The number of aliphatic hydroxyl groups excluding tert-OH is 1. The van der Waals surface area contributed by atoms with Gasteiger partial charge in [0.1, 0.15) is 0 Å². The SMILES string of the molecule is CCOc1cc2c(cc1OC)C(c1cnc(OC)c(OC)c1)=N[C@@H]1CC[C@@H](O)C[C@H]21.O=C(O)C=CC(=O)O.